The second-order valence-electron chi connectivity index (χ2n) is 5.88. The molecular formula is C17H20N4O5S2. The molecule has 3 N–H and O–H groups in total. The minimum absolute atomic E-state index is 0.0230. The molecule has 1 aromatic carbocycles. The number of sulfonamides is 1. The molecule has 11 heteroatoms. The molecule has 1 aromatic heterocycles. The lowest BCUT2D eigenvalue weighted by molar-refractivity contribution is -0.127. The molecule has 2 amide bonds. The number of thiophene rings is 1. The number of amides is 2. The van der Waals surface area contributed by atoms with Gasteiger partial charge in [-0.3, -0.25) is 9.69 Å². The van der Waals surface area contributed by atoms with Crippen molar-refractivity contribution in [1.82, 2.24) is 14.5 Å². The van der Waals surface area contributed by atoms with Gasteiger partial charge < -0.3 is 15.8 Å². The van der Waals surface area contributed by atoms with Gasteiger partial charge in [-0.2, -0.15) is 4.31 Å². The number of rotatable bonds is 6. The number of ether oxygens (including phenoxy) is 1. The summed E-state index contributed by atoms with van der Waals surface area (Å²) in [4.78, 5) is 26.4. The van der Waals surface area contributed by atoms with Crippen molar-refractivity contribution in [3.63, 3.8) is 0 Å². The fourth-order valence-corrected chi connectivity index (χ4v) is 5.45. The molecule has 2 heterocycles. The highest BCUT2D eigenvalue weighted by molar-refractivity contribution is 7.91. The number of nitrogens with zero attached hydrogens (tertiary/aromatic N) is 2. The first kappa shape index (κ1) is 20.3. The van der Waals surface area contributed by atoms with Crippen molar-refractivity contribution in [3.05, 3.63) is 47.8 Å². The van der Waals surface area contributed by atoms with Crippen LogP contribution in [-0.4, -0.2) is 62.0 Å². The van der Waals surface area contributed by atoms with Crippen LogP contribution < -0.4 is 15.8 Å². The molecule has 1 saturated heterocycles. The lowest BCUT2D eigenvalue weighted by Gasteiger charge is -2.27. The van der Waals surface area contributed by atoms with E-state index in [2.05, 4.69) is 5.32 Å². The van der Waals surface area contributed by atoms with Gasteiger partial charge in [0.25, 0.3) is 15.9 Å². The Kier molecular flexibility index (Phi) is 6.29. The minimum Gasteiger partial charge on any atom is -0.410 e. The first-order chi connectivity index (χ1) is 13.4. The van der Waals surface area contributed by atoms with Crippen molar-refractivity contribution in [1.29, 1.82) is 0 Å². The molecule has 0 bridgehead atoms. The smallest absolute Gasteiger partial charge is 0.410 e. The minimum atomic E-state index is -3.94. The molecule has 1 aliphatic heterocycles. The summed E-state index contributed by atoms with van der Waals surface area (Å²) < 4.78 is 32.3. The van der Waals surface area contributed by atoms with Crippen LogP contribution in [0.25, 0.3) is 0 Å². The zero-order valence-corrected chi connectivity index (χ0v) is 16.5. The van der Waals surface area contributed by atoms with E-state index >= 15 is 0 Å². The van der Waals surface area contributed by atoms with Gasteiger partial charge in [-0.15, -0.1) is 11.3 Å². The molecule has 28 heavy (non-hydrogen) atoms. The van der Waals surface area contributed by atoms with E-state index in [1.807, 2.05) is 0 Å². The Morgan fingerprint density at radius 3 is 2.57 bits per heavy atom. The van der Waals surface area contributed by atoms with Crippen molar-refractivity contribution < 1.29 is 22.7 Å². The Balaban J connectivity index is 1.87. The number of nitrogens with one attached hydrogen (secondary N) is 1. The normalized spacial score (nSPS) is 17.5. The average Bonchev–Trinajstić information content (AvgIpc) is 3.37. The van der Waals surface area contributed by atoms with Gasteiger partial charge in [0, 0.05) is 26.2 Å². The molecule has 9 nitrogen and oxygen atoms in total. The first-order valence-corrected chi connectivity index (χ1v) is 10.8. The van der Waals surface area contributed by atoms with Gasteiger partial charge in [0.15, 0.2) is 6.17 Å². The standard InChI is InChI=1S/C17H20N4O5S2/c18-8-9-19-15(22)16-20(17(23)26-13-5-2-1-3-6-13)10-11-21(16)28(24,25)14-7-4-12-27-14/h1-7,12,16H,8-11,18H2,(H,19,22). The Bertz CT molecular complexity index is 918. The predicted molar refractivity (Wildman–Crippen MR) is 103 cm³/mol. The number of carbonyl (C=O) groups excluding carboxylic acids is 2. The van der Waals surface area contributed by atoms with Gasteiger partial charge in [0.2, 0.25) is 0 Å². The van der Waals surface area contributed by atoms with Gasteiger partial charge in [-0.1, -0.05) is 24.3 Å². The fourth-order valence-electron chi connectivity index (χ4n) is 2.78. The summed E-state index contributed by atoms with van der Waals surface area (Å²) in [6.07, 6.45) is -2.15. The number of hydrogen-bond donors (Lipinski definition) is 2. The highest BCUT2D eigenvalue weighted by Gasteiger charge is 2.47. The molecule has 1 atom stereocenters. The van der Waals surface area contributed by atoms with Crippen molar-refractivity contribution in [2.24, 2.45) is 5.73 Å². The van der Waals surface area contributed by atoms with Gasteiger partial charge in [-0.05, 0) is 23.6 Å². The quantitative estimate of drug-likeness (QED) is 0.702. The van der Waals surface area contributed by atoms with Crippen molar-refractivity contribution in [3.8, 4) is 5.75 Å². The van der Waals surface area contributed by atoms with Gasteiger partial charge in [-0.25, -0.2) is 13.2 Å². The van der Waals surface area contributed by atoms with E-state index in [-0.39, 0.29) is 30.4 Å². The summed E-state index contributed by atoms with van der Waals surface area (Å²) >= 11 is 1.04. The van der Waals surface area contributed by atoms with Crippen LogP contribution in [0, 0.1) is 0 Å². The van der Waals surface area contributed by atoms with E-state index in [4.69, 9.17) is 10.5 Å². The fraction of sp³-hybridized carbons (Fsp3) is 0.294. The lowest BCUT2D eigenvalue weighted by atomic mass is 10.3. The maximum atomic E-state index is 13.0. The maximum Gasteiger partial charge on any atom is 0.417 e. The largest absolute Gasteiger partial charge is 0.417 e. The molecular weight excluding hydrogens is 404 g/mol. The summed E-state index contributed by atoms with van der Waals surface area (Å²) in [5, 5.41) is 4.19. The molecule has 3 rings (SSSR count). The Labute approximate surface area is 166 Å². The number of para-hydroxylation sites is 1. The molecule has 1 aliphatic rings. The van der Waals surface area contributed by atoms with E-state index < -0.39 is 28.2 Å². The van der Waals surface area contributed by atoms with E-state index in [9.17, 15) is 18.0 Å². The summed E-state index contributed by atoms with van der Waals surface area (Å²) in [5.41, 5.74) is 5.42. The number of nitrogens with two attached hydrogens (primary N) is 1. The Morgan fingerprint density at radius 1 is 1.18 bits per heavy atom. The number of benzene rings is 1. The zero-order valence-electron chi connectivity index (χ0n) is 14.9. The van der Waals surface area contributed by atoms with Crippen molar-refractivity contribution >= 4 is 33.4 Å². The highest BCUT2D eigenvalue weighted by Crippen LogP contribution is 2.28. The van der Waals surface area contributed by atoms with Crippen LogP contribution >= 0.6 is 11.3 Å². The second-order valence-corrected chi connectivity index (χ2v) is 8.94. The van der Waals surface area contributed by atoms with Crippen molar-refractivity contribution in [2.75, 3.05) is 26.2 Å². The van der Waals surface area contributed by atoms with Gasteiger partial charge in [0.1, 0.15) is 9.96 Å². The van der Waals surface area contributed by atoms with E-state index in [1.165, 1.54) is 6.07 Å². The van der Waals surface area contributed by atoms with E-state index in [0.29, 0.717) is 5.75 Å². The van der Waals surface area contributed by atoms with Crippen LogP contribution in [0.2, 0.25) is 0 Å². The predicted octanol–water partition coefficient (Wildman–Crippen LogP) is 0.654. The molecule has 0 saturated carbocycles. The maximum absolute atomic E-state index is 13.0. The SMILES string of the molecule is NCCNC(=O)C1N(C(=O)Oc2ccccc2)CCN1S(=O)(=O)c1cccs1. The average molecular weight is 425 g/mol. The molecule has 0 radical (unpaired) electrons. The highest BCUT2D eigenvalue weighted by atomic mass is 32.2. The Morgan fingerprint density at radius 2 is 1.93 bits per heavy atom. The monoisotopic (exact) mass is 424 g/mol. The molecule has 1 fully saturated rings. The van der Waals surface area contributed by atoms with Crippen LogP contribution in [0.1, 0.15) is 0 Å². The lowest BCUT2D eigenvalue weighted by Crippen LogP contribution is -2.54. The molecule has 150 valence electrons. The molecule has 0 aliphatic carbocycles. The van der Waals surface area contributed by atoms with Crippen LogP contribution in [0.3, 0.4) is 0 Å². The summed E-state index contributed by atoms with van der Waals surface area (Å²) in [6.45, 7) is 0.343. The second kappa shape index (κ2) is 8.69. The van der Waals surface area contributed by atoms with Crippen molar-refractivity contribution in [2.45, 2.75) is 10.4 Å². The van der Waals surface area contributed by atoms with Crippen LogP contribution in [-0.2, 0) is 14.8 Å². The Hall–Kier alpha value is -2.47. The van der Waals surface area contributed by atoms with Crippen LogP contribution in [0.4, 0.5) is 4.79 Å². The van der Waals surface area contributed by atoms with Gasteiger partial charge >= 0.3 is 6.09 Å². The van der Waals surface area contributed by atoms with Crippen LogP contribution in [0.15, 0.2) is 52.1 Å². The number of carbonyl (C=O) groups is 2. The summed E-state index contributed by atoms with van der Waals surface area (Å²) in [7, 11) is -3.94. The van der Waals surface area contributed by atoms with E-state index in [0.717, 1.165) is 20.5 Å². The van der Waals surface area contributed by atoms with E-state index in [1.54, 1.807) is 41.8 Å². The number of hydrogen-bond acceptors (Lipinski definition) is 7. The first-order valence-electron chi connectivity index (χ1n) is 8.52. The third-order valence-electron chi connectivity index (χ3n) is 4.05. The molecule has 1 unspecified atom stereocenters. The topological polar surface area (TPSA) is 122 Å². The summed E-state index contributed by atoms with van der Waals surface area (Å²) in [6, 6.07) is 11.4. The third-order valence-corrected chi connectivity index (χ3v) is 7.27. The molecule has 0 spiro atoms. The molecule has 2 aromatic rings. The van der Waals surface area contributed by atoms with Crippen LogP contribution in [0.5, 0.6) is 5.75 Å². The van der Waals surface area contributed by atoms with Gasteiger partial charge in [0.05, 0.1) is 0 Å². The third kappa shape index (κ3) is 4.17. The zero-order chi connectivity index (χ0) is 20.1. The summed E-state index contributed by atoms with van der Waals surface area (Å²) in [5.74, 6) is -0.332.